The van der Waals surface area contributed by atoms with Crippen molar-refractivity contribution in [3.05, 3.63) is 65.2 Å². The van der Waals surface area contributed by atoms with Crippen LogP contribution in [0.5, 0.6) is 0 Å². The lowest BCUT2D eigenvalue weighted by Crippen LogP contribution is -2.50. The number of piperazine rings is 1. The highest BCUT2D eigenvalue weighted by molar-refractivity contribution is 7.99. The van der Waals surface area contributed by atoms with Crippen molar-refractivity contribution >= 4 is 50.1 Å². The zero-order valence-corrected chi connectivity index (χ0v) is 23.3. The molecule has 1 unspecified atom stereocenters. The lowest BCUT2D eigenvalue weighted by atomic mass is 9.85. The van der Waals surface area contributed by atoms with Crippen LogP contribution in [0, 0.1) is 5.92 Å². The predicted molar refractivity (Wildman–Crippen MR) is 152 cm³/mol. The molecule has 37 heavy (non-hydrogen) atoms. The van der Waals surface area contributed by atoms with E-state index in [1.807, 2.05) is 60.3 Å². The minimum Gasteiger partial charge on any atom is -0.394 e. The van der Waals surface area contributed by atoms with Gasteiger partial charge in [0.15, 0.2) is 0 Å². The second-order valence-corrected chi connectivity index (χ2v) is 13.3. The van der Waals surface area contributed by atoms with Crippen molar-refractivity contribution in [2.24, 2.45) is 5.92 Å². The molecule has 1 atom stereocenters. The van der Waals surface area contributed by atoms with Gasteiger partial charge in [0.1, 0.15) is 10.7 Å². The molecule has 3 aromatic rings. The summed E-state index contributed by atoms with van der Waals surface area (Å²) < 4.78 is 29.3. The van der Waals surface area contributed by atoms with E-state index in [1.165, 1.54) is 0 Å². The first-order valence-electron chi connectivity index (χ1n) is 12.7. The van der Waals surface area contributed by atoms with Gasteiger partial charge >= 0.3 is 0 Å². The minimum absolute atomic E-state index is 0.0460. The highest BCUT2D eigenvalue weighted by atomic mass is 35.5. The summed E-state index contributed by atoms with van der Waals surface area (Å²) >= 11 is 7.92. The van der Waals surface area contributed by atoms with E-state index >= 15 is 0 Å². The molecule has 7 nitrogen and oxygen atoms in total. The number of halogens is 1. The van der Waals surface area contributed by atoms with E-state index in [1.54, 1.807) is 10.4 Å². The Hall–Kier alpha value is -1.88. The largest absolute Gasteiger partial charge is 0.394 e. The maximum Gasteiger partial charge on any atom is 0.246 e. The molecule has 1 saturated heterocycles. The zero-order chi connectivity index (χ0) is 26.0. The highest BCUT2D eigenvalue weighted by Crippen LogP contribution is 2.36. The van der Waals surface area contributed by atoms with Gasteiger partial charge < -0.3 is 10.4 Å². The van der Waals surface area contributed by atoms with Gasteiger partial charge in [-0.15, -0.1) is 0 Å². The van der Waals surface area contributed by atoms with E-state index in [0.717, 1.165) is 35.9 Å². The number of fused-ring (bicyclic) bond motifs is 1. The molecule has 2 aromatic carbocycles. The van der Waals surface area contributed by atoms with Gasteiger partial charge in [0.2, 0.25) is 10.0 Å². The molecule has 0 bridgehead atoms. The summed E-state index contributed by atoms with van der Waals surface area (Å²) in [5.74, 6) is 0.969. The first-order chi connectivity index (χ1) is 17.9. The van der Waals surface area contributed by atoms with Crippen LogP contribution < -0.4 is 5.32 Å². The average molecular weight is 561 g/mol. The molecule has 1 saturated carbocycles. The number of aliphatic hydroxyl groups is 1. The number of nitrogens with one attached hydrogen (secondary N) is 1. The topological polar surface area (TPSA) is 85.8 Å². The van der Waals surface area contributed by atoms with Crippen LogP contribution in [0.1, 0.15) is 24.4 Å². The Morgan fingerprint density at radius 1 is 1.11 bits per heavy atom. The van der Waals surface area contributed by atoms with Gasteiger partial charge in [0.25, 0.3) is 0 Å². The number of sulfonamides is 1. The Bertz CT molecular complexity index is 1330. The molecular weight excluding hydrogens is 528 g/mol. The number of aliphatic hydroxyl groups excluding tert-OH is 1. The third-order valence-corrected chi connectivity index (χ3v) is 10.7. The van der Waals surface area contributed by atoms with Gasteiger partial charge in [-0.2, -0.15) is 16.1 Å². The summed E-state index contributed by atoms with van der Waals surface area (Å²) in [6, 6.07) is 16.6. The lowest BCUT2D eigenvalue weighted by Gasteiger charge is -2.38. The summed E-state index contributed by atoms with van der Waals surface area (Å²) in [6.45, 7) is 2.41. The van der Waals surface area contributed by atoms with Crippen LogP contribution in [0.2, 0.25) is 5.02 Å². The fourth-order valence-electron chi connectivity index (χ4n) is 5.21. The molecule has 0 amide bonds. The standard InChI is InChI=1S/C27H33ClN4O3S2/c1-36-23-14-19(15-23)17-29-27-26(16-21-4-2-3-5-24(21)30-27)37(34,35)32-12-10-31(11-13-32)25(18-33)20-6-8-22(28)9-7-20/h2-9,16,19,23,25,33H,10-15,17-18H2,1H3,(H,29,30). The number of pyridine rings is 1. The van der Waals surface area contributed by atoms with Gasteiger partial charge in [0.05, 0.1) is 18.2 Å². The van der Waals surface area contributed by atoms with Crippen molar-refractivity contribution in [3.63, 3.8) is 0 Å². The first-order valence-corrected chi connectivity index (χ1v) is 15.8. The second kappa shape index (κ2) is 11.5. The fourth-order valence-corrected chi connectivity index (χ4v) is 7.82. The van der Waals surface area contributed by atoms with Crippen molar-refractivity contribution < 1.29 is 13.5 Å². The maximum absolute atomic E-state index is 13.9. The average Bonchev–Trinajstić information content (AvgIpc) is 2.89. The zero-order valence-electron chi connectivity index (χ0n) is 20.9. The lowest BCUT2D eigenvalue weighted by molar-refractivity contribution is 0.0903. The van der Waals surface area contributed by atoms with E-state index in [2.05, 4.69) is 16.5 Å². The Balaban J connectivity index is 1.34. The summed E-state index contributed by atoms with van der Waals surface area (Å²) in [6.07, 6.45) is 4.43. The molecule has 5 rings (SSSR count). The van der Waals surface area contributed by atoms with E-state index < -0.39 is 10.0 Å². The van der Waals surface area contributed by atoms with Crippen LogP contribution in [0.3, 0.4) is 0 Å². The molecular formula is C27H33ClN4O3S2. The van der Waals surface area contributed by atoms with Crippen LogP contribution in [-0.2, 0) is 10.0 Å². The third-order valence-electron chi connectivity index (χ3n) is 7.53. The molecule has 1 aliphatic carbocycles. The molecule has 2 aliphatic rings. The van der Waals surface area contributed by atoms with Gasteiger partial charge in [-0.05, 0) is 54.8 Å². The monoisotopic (exact) mass is 560 g/mol. The molecule has 198 valence electrons. The smallest absolute Gasteiger partial charge is 0.246 e. The Morgan fingerprint density at radius 2 is 1.81 bits per heavy atom. The number of nitrogens with zero attached hydrogens (tertiary/aromatic N) is 3. The number of aromatic nitrogens is 1. The summed E-state index contributed by atoms with van der Waals surface area (Å²) in [7, 11) is -3.76. The summed E-state index contributed by atoms with van der Waals surface area (Å²) in [5, 5.41) is 15.6. The van der Waals surface area contributed by atoms with E-state index in [4.69, 9.17) is 16.6 Å². The Kier molecular flexibility index (Phi) is 8.28. The van der Waals surface area contributed by atoms with E-state index in [0.29, 0.717) is 48.2 Å². The number of rotatable bonds is 9. The van der Waals surface area contributed by atoms with Gasteiger partial charge in [-0.3, -0.25) is 4.90 Å². The van der Waals surface area contributed by atoms with Crippen LogP contribution in [0.15, 0.2) is 59.5 Å². The molecule has 2 heterocycles. The van der Waals surface area contributed by atoms with Gasteiger partial charge in [0, 0.05) is 48.4 Å². The molecule has 10 heteroatoms. The molecule has 0 radical (unpaired) electrons. The quantitative estimate of drug-likeness (QED) is 0.399. The first kappa shape index (κ1) is 26.7. The van der Waals surface area contributed by atoms with Crippen molar-refractivity contribution in [1.82, 2.24) is 14.2 Å². The molecule has 0 spiro atoms. The van der Waals surface area contributed by atoms with Crippen molar-refractivity contribution in [1.29, 1.82) is 0 Å². The number of para-hydroxylation sites is 1. The highest BCUT2D eigenvalue weighted by Gasteiger charge is 2.34. The number of hydrogen-bond acceptors (Lipinski definition) is 7. The maximum atomic E-state index is 13.9. The van der Waals surface area contributed by atoms with Crippen molar-refractivity contribution in [2.75, 3.05) is 50.9 Å². The van der Waals surface area contributed by atoms with Crippen LogP contribution in [0.25, 0.3) is 10.9 Å². The van der Waals surface area contributed by atoms with E-state index in [9.17, 15) is 13.5 Å². The van der Waals surface area contributed by atoms with Gasteiger partial charge in [-0.1, -0.05) is 41.9 Å². The van der Waals surface area contributed by atoms with Crippen LogP contribution in [-0.4, -0.2) is 78.5 Å². The van der Waals surface area contributed by atoms with Crippen molar-refractivity contribution in [3.8, 4) is 0 Å². The van der Waals surface area contributed by atoms with Crippen molar-refractivity contribution in [2.45, 2.75) is 29.0 Å². The van der Waals surface area contributed by atoms with E-state index in [-0.39, 0.29) is 17.5 Å². The predicted octanol–water partition coefficient (Wildman–Crippen LogP) is 4.48. The molecule has 2 fully saturated rings. The molecule has 2 N–H and O–H groups in total. The van der Waals surface area contributed by atoms with Gasteiger partial charge in [-0.25, -0.2) is 13.4 Å². The number of anilines is 1. The summed E-state index contributed by atoms with van der Waals surface area (Å²) in [4.78, 5) is 7.10. The minimum atomic E-state index is -3.76. The van der Waals surface area contributed by atoms with Crippen LogP contribution in [0.4, 0.5) is 5.82 Å². The normalized spacial score (nSPS) is 22.0. The number of benzene rings is 2. The second-order valence-electron chi connectivity index (χ2n) is 9.79. The molecule has 1 aromatic heterocycles. The Morgan fingerprint density at radius 3 is 2.49 bits per heavy atom. The fraction of sp³-hybridized carbons (Fsp3) is 0.444. The SMILES string of the molecule is CSC1CC(CNc2nc3ccccc3cc2S(=O)(=O)N2CCN(C(CO)c3ccc(Cl)cc3)CC2)C1. The Labute approximate surface area is 228 Å². The molecule has 1 aliphatic heterocycles. The number of thioether (sulfide) groups is 1. The third kappa shape index (κ3) is 5.77. The van der Waals surface area contributed by atoms with Crippen LogP contribution >= 0.6 is 23.4 Å². The number of hydrogen-bond donors (Lipinski definition) is 2. The summed E-state index contributed by atoms with van der Waals surface area (Å²) in [5.41, 5.74) is 1.74.